The molecule has 19 heavy (non-hydrogen) atoms. The maximum atomic E-state index is 11.6. The van der Waals surface area contributed by atoms with Crippen molar-refractivity contribution in [3.8, 4) is 5.75 Å². The average molecular weight is 285 g/mol. The van der Waals surface area contributed by atoms with Crippen molar-refractivity contribution in [2.75, 3.05) is 25.5 Å². The first kappa shape index (κ1) is 17.5. The van der Waals surface area contributed by atoms with Gasteiger partial charge in [0, 0.05) is 18.2 Å². The van der Waals surface area contributed by atoms with Gasteiger partial charge in [-0.15, -0.1) is 12.4 Å². The van der Waals surface area contributed by atoms with Gasteiger partial charge in [-0.25, -0.2) is 0 Å². The Morgan fingerprint density at radius 1 is 1.47 bits per heavy atom. The molecule has 0 aliphatic carbocycles. The van der Waals surface area contributed by atoms with Crippen LogP contribution in [0.3, 0.4) is 0 Å². The van der Waals surface area contributed by atoms with E-state index < -0.39 is 0 Å². The van der Waals surface area contributed by atoms with Crippen molar-refractivity contribution >= 4 is 24.0 Å². The molecule has 2 N–H and O–H groups in total. The first-order valence-corrected chi connectivity index (χ1v) is 6.04. The number of hydrogen-bond acceptors (Lipinski definition) is 3. The van der Waals surface area contributed by atoms with E-state index in [1.807, 2.05) is 25.2 Å². The van der Waals surface area contributed by atoms with Crippen molar-refractivity contribution in [2.45, 2.75) is 12.8 Å². The molecule has 0 saturated heterocycles. The van der Waals surface area contributed by atoms with Gasteiger partial charge in [-0.05, 0) is 32.1 Å². The minimum atomic E-state index is 0. The zero-order valence-electron chi connectivity index (χ0n) is 11.1. The molecular formula is C14H21ClN2O2. The van der Waals surface area contributed by atoms with Crippen molar-refractivity contribution < 1.29 is 9.53 Å². The highest BCUT2D eigenvalue weighted by Crippen LogP contribution is 2.17. The van der Waals surface area contributed by atoms with E-state index in [0.717, 1.165) is 24.4 Å². The average Bonchev–Trinajstić information content (AvgIpc) is 2.37. The lowest BCUT2D eigenvalue weighted by molar-refractivity contribution is -0.116. The zero-order chi connectivity index (χ0) is 13.2. The molecule has 0 bridgehead atoms. The monoisotopic (exact) mass is 284 g/mol. The molecule has 1 rings (SSSR count). The smallest absolute Gasteiger partial charge is 0.224 e. The number of benzene rings is 1. The number of ether oxygens (including phenoxy) is 1. The predicted octanol–water partition coefficient (Wildman–Crippen LogP) is 2.61. The van der Waals surface area contributed by atoms with Gasteiger partial charge in [-0.3, -0.25) is 4.79 Å². The molecular weight excluding hydrogens is 264 g/mol. The van der Waals surface area contributed by atoms with Crippen LogP contribution in [0.15, 0.2) is 36.9 Å². The molecule has 0 aliphatic heterocycles. The summed E-state index contributed by atoms with van der Waals surface area (Å²) >= 11 is 0. The molecule has 0 atom stereocenters. The summed E-state index contributed by atoms with van der Waals surface area (Å²) in [5.74, 6) is 0.744. The molecule has 1 aromatic carbocycles. The number of anilines is 1. The third kappa shape index (κ3) is 7.49. The van der Waals surface area contributed by atoms with E-state index in [0.29, 0.717) is 13.0 Å². The Hall–Kier alpha value is -1.52. The lowest BCUT2D eigenvalue weighted by atomic mass is 10.2. The first-order valence-electron chi connectivity index (χ1n) is 6.04. The van der Waals surface area contributed by atoms with Crippen molar-refractivity contribution in [1.29, 1.82) is 0 Å². The summed E-state index contributed by atoms with van der Waals surface area (Å²) in [4.78, 5) is 11.6. The van der Waals surface area contributed by atoms with E-state index >= 15 is 0 Å². The van der Waals surface area contributed by atoms with Crippen LogP contribution in [0.25, 0.3) is 0 Å². The van der Waals surface area contributed by atoms with E-state index in [1.165, 1.54) is 0 Å². The fourth-order valence-electron chi connectivity index (χ4n) is 1.47. The highest BCUT2D eigenvalue weighted by Gasteiger charge is 2.02. The third-order valence-electron chi connectivity index (χ3n) is 2.32. The molecule has 0 saturated carbocycles. The Morgan fingerprint density at radius 2 is 2.26 bits per heavy atom. The van der Waals surface area contributed by atoms with Crippen molar-refractivity contribution in [2.24, 2.45) is 0 Å². The van der Waals surface area contributed by atoms with Crippen LogP contribution in [-0.2, 0) is 4.79 Å². The number of nitrogens with one attached hydrogen (secondary N) is 2. The minimum absolute atomic E-state index is 0. The lowest BCUT2D eigenvalue weighted by Gasteiger charge is -2.08. The van der Waals surface area contributed by atoms with Crippen molar-refractivity contribution in [3.05, 3.63) is 36.9 Å². The molecule has 0 radical (unpaired) electrons. The van der Waals surface area contributed by atoms with Crippen LogP contribution < -0.4 is 15.4 Å². The first-order chi connectivity index (χ1) is 8.76. The normalized spacial score (nSPS) is 9.32. The van der Waals surface area contributed by atoms with Gasteiger partial charge in [-0.1, -0.05) is 18.7 Å². The fourth-order valence-corrected chi connectivity index (χ4v) is 1.47. The number of halogens is 1. The number of carbonyl (C=O) groups is 1. The Balaban J connectivity index is 0.00000324. The minimum Gasteiger partial charge on any atom is -0.489 e. The topological polar surface area (TPSA) is 50.4 Å². The number of amides is 1. The molecule has 5 heteroatoms. The zero-order valence-corrected chi connectivity index (χ0v) is 12.0. The van der Waals surface area contributed by atoms with Crippen molar-refractivity contribution in [3.63, 3.8) is 0 Å². The number of rotatable bonds is 8. The van der Waals surface area contributed by atoms with Crippen molar-refractivity contribution in [1.82, 2.24) is 5.32 Å². The SMILES string of the molecule is C=CCOc1cccc(NC(=O)CCCNC)c1.Cl. The second-order valence-electron chi connectivity index (χ2n) is 3.88. The maximum absolute atomic E-state index is 11.6. The summed E-state index contributed by atoms with van der Waals surface area (Å²) < 4.78 is 5.40. The Morgan fingerprint density at radius 3 is 2.95 bits per heavy atom. The third-order valence-corrected chi connectivity index (χ3v) is 2.32. The van der Waals surface area contributed by atoms with Crippen LogP contribution in [0.1, 0.15) is 12.8 Å². The summed E-state index contributed by atoms with van der Waals surface area (Å²) in [6.07, 6.45) is 3.02. The summed E-state index contributed by atoms with van der Waals surface area (Å²) in [5, 5.41) is 5.85. The second kappa shape index (κ2) is 10.4. The molecule has 0 aromatic heterocycles. The summed E-state index contributed by atoms with van der Waals surface area (Å²) in [6, 6.07) is 7.35. The largest absolute Gasteiger partial charge is 0.489 e. The molecule has 0 heterocycles. The van der Waals surface area contributed by atoms with Crippen LogP contribution in [0.4, 0.5) is 5.69 Å². The predicted molar refractivity (Wildman–Crippen MR) is 81.2 cm³/mol. The maximum Gasteiger partial charge on any atom is 0.224 e. The van der Waals surface area contributed by atoms with Crippen LogP contribution >= 0.6 is 12.4 Å². The van der Waals surface area contributed by atoms with Crippen LogP contribution in [0.2, 0.25) is 0 Å². The summed E-state index contributed by atoms with van der Waals surface area (Å²) in [7, 11) is 1.87. The molecule has 1 aromatic rings. The van der Waals surface area contributed by atoms with Gasteiger partial charge in [0.15, 0.2) is 0 Å². The van der Waals surface area contributed by atoms with E-state index in [1.54, 1.807) is 12.1 Å². The Labute approximate surface area is 120 Å². The highest BCUT2D eigenvalue weighted by molar-refractivity contribution is 5.90. The Kier molecular flexibility index (Phi) is 9.57. The van der Waals surface area contributed by atoms with Crippen LogP contribution in [0.5, 0.6) is 5.75 Å². The molecule has 0 fully saturated rings. The standard InChI is InChI=1S/C14H20N2O2.ClH/c1-3-10-18-13-7-4-6-12(11-13)16-14(17)8-5-9-15-2;/h3-4,6-7,11,15H,1,5,8-10H2,2H3,(H,16,17);1H. The lowest BCUT2D eigenvalue weighted by Crippen LogP contribution is -2.15. The van der Waals surface area contributed by atoms with Crippen LogP contribution in [-0.4, -0.2) is 26.1 Å². The van der Waals surface area contributed by atoms with Crippen LogP contribution in [0, 0.1) is 0 Å². The van der Waals surface area contributed by atoms with Gasteiger partial charge < -0.3 is 15.4 Å². The van der Waals surface area contributed by atoms with Gasteiger partial charge in [-0.2, -0.15) is 0 Å². The molecule has 0 aliphatic rings. The molecule has 0 spiro atoms. The summed E-state index contributed by atoms with van der Waals surface area (Å²) in [6.45, 7) is 4.89. The molecule has 106 valence electrons. The van der Waals surface area contributed by atoms with Gasteiger partial charge in [0.05, 0.1) is 0 Å². The highest BCUT2D eigenvalue weighted by atomic mass is 35.5. The Bertz CT molecular complexity index is 397. The number of carbonyl (C=O) groups excluding carboxylic acids is 1. The van der Waals surface area contributed by atoms with E-state index in [2.05, 4.69) is 17.2 Å². The van der Waals surface area contributed by atoms with Gasteiger partial charge in [0.1, 0.15) is 12.4 Å². The van der Waals surface area contributed by atoms with E-state index in [9.17, 15) is 4.79 Å². The number of hydrogen-bond donors (Lipinski definition) is 2. The molecule has 4 nitrogen and oxygen atoms in total. The second-order valence-corrected chi connectivity index (χ2v) is 3.88. The quantitative estimate of drug-likeness (QED) is 0.570. The van der Waals surface area contributed by atoms with E-state index in [-0.39, 0.29) is 18.3 Å². The fraction of sp³-hybridized carbons (Fsp3) is 0.357. The van der Waals surface area contributed by atoms with Gasteiger partial charge in [0.25, 0.3) is 0 Å². The molecule has 1 amide bonds. The van der Waals surface area contributed by atoms with Gasteiger partial charge >= 0.3 is 0 Å². The van der Waals surface area contributed by atoms with Gasteiger partial charge in [0.2, 0.25) is 5.91 Å². The summed E-state index contributed by atoms with van der Waals surface area (Å²) in [5.41, 5.74) is 0.756. The van der Waals surface area contributed by atoms with E-state index in [4.69, 9.17) is 4.74 Å². The molecule has 0 unspecified atom stereocenters.